The number of hydrogen-bond donors (Lipinski definition) is 1. The zero-order valence-corrected chi connectivity index (χ0v) is 12.2. The van der Waals surface area contributed by atoms with Gasteiger partial charge < -0.3 is 5.11 Å². The van der Waals surface area contributed by atoms with Gasteiger partial charge in [0.15, 0.2) is 0 Å². The number of hydrogen-bond acceptors (Lipinski definition) is 4. The number of halogens is 1. The Morgan fingerprint density at radius 3 is 2.84 bits per heavy atom. The normalized spacial score (nSPS) is 21.5. The molecule has 1 heterocycles. The molecule has 7 heteroatoms. The van der Waals surface area contributed by atoms with Gasteiger partial charge in [-0.3, -0.25) is 0 Å². The second kappa shape index (κ2) is 5.78. The number of aliphatic hydroxyl groups is 1. The second-order valence-corrected chi connectivity index (χ2v) is 7.92. The molecule has 1 fully saturated rings. The first kappa shape index (κ1) is 14.8. The number of nitrogens with zero attached hydrogens (tertiary/aromatic N) is 1. The van der Waals surface area contributed by atoms with E-state index in [1.807, 2.05) is 6.92 Å². The highest BCUT2D eigenvalue weighted by atomic mass is 32.2. The largest absolute Gasteiger partial charge is 0.392 e. The summed E-state index contributed by atoms with van der Waals surface area (Å²) in [6.07, 6.45) is 0. The minimum absolute atomic E-state index is 0.211. The quantitative estimate of drug-likeness (QED) is 0.918. The Kier molecular flexibility index (Phi) is 4.50. The first-order valence-electron chi connectivity index (χ1n) is 5.96. The van der Waals surface area contributed by atoms with Gasteiger partial charge in [0.05, 0.1) is 6.61 Å². The van der Waals surface area contributed by atoms with Crippen LogP contribution in [0.3, 0.4) is 0 Å². The summed E-state index contributed by atoms with van der Waals surface area (Å²) in [7, 11) is -3.79. The van der Waals surface area contributed by atoms with Crippen molar-refractivity contribution >= 4 is 21.8 Å². The second-order valence-electron chi connectivity index (χ2n) is 4.47. The summed E-state index contributed by atoms with van der Waals surface area (Å²) in [5, 5.41) is 9.12. The van der Waals surface area contributed by atoms with E-state index in [2.05, 4.69) is 0 Å². The first-order chi connectivity index (χ1) is 8.95. The number of benzene rings is 1. The summed E-state index contributed by atoms with van der Waals surface area (Å²) in [5.74, 6) is -0.0889. The maximum atomic E-state index is 13.9. The zero-order valence-electron chi connectivity index (χ0n) is 10.5. The Labute approximate surface area is 116 Å². The lowest BCUT2D eigenvalue weighted by Gasteiger charge is -2.29. The van der Waals surface area contributed by atoms with Crippen molar-refractivity contribution in [2.24, 2.45) is 0 Å². The van der Waals surface area contributed by atoms with E-state index in [1.165, 1.54) is 16.4 Å². The van der Waals surface area contributed by atoms with E-state index >= 15 is 0 Å². The Morgan fingerprint density at radius 1 is 1.53 bits per heavy atom. The van der Waals surface area contributed by atoms with Crippen molar-refractivity contribution in [3.8, 4) is 0 Å². The van der Waals surface area contributed by atoms with Gasteiger partial charge in [0.2, 0.25) is 10.0 Å². The van der Waals surface area contributed by atoms with E-state index in [0.717, 1.165) is 11.8 Å². The third-order valence-corrected chi connectivity index (χ3v) is 6.04. The van der Waals surface area contributed by atoms with Crippen LogP contribution in [-0.4, -0.2) is 41.9 Å². The standard InChI is InChI=1S/C12H16FNO3S2/c1-9-7-14(4-5-18-9)19(16,17)12-3-2-10(8-15)6-11(12)13/h2-3,6,9,15H,4-5,7-8H2,1H3. The molecule has 1 atom stereocenters. The average Bonchev–Trinajstić information content (AvgIpc) is 2.38. The Bertz CT molecular complexity index is 562. The third-order valence-electron chi connectivity index (χ3n) is 3.00. The van der Waals surface area contributed by atoms with Gasteiger partial charge in [0, 0.05) is 24.1 Å². The van der Waals surface area contributed by atoms with Crippen molar-refractivity contribution in [3.05, 3.63) is 29.6 Å². The van der Waals surface area contributed by atoms with Crippen molar-refractivity contribution in [2.45, 2.75) is 23.7 Å². The predicted molar refractivity (Wildman–Crippen MR) is 73.0 cm³/mol. The van der Waals surface area contributed by atoms with Crippen LogP contribution in [0.2, 0.25) is 0 Å². The highest BCUT2D eigenvalue weighted by Crippen LogP contribution is 2.26. The molecular formula is C12H16FNO3S2. The number of aliphatic hydroxyl groups excluding tert-OH is 1. The molecule has 1 aliphatic heterocycles. The first-order valence-corrected chi connectivity index (χ1v) is 8.45. The highest BCUT2D eigenvalue weighted by Gasteiger charge is 2.30. The predicted octanol–water partition coefficient (Wildman–Crippen LogP) is 1.44. The smallest absolute Gasteiger partial charge is 0.246 e. The topological polar surface area (TPSA) is 57.6 Å². The van der Waals surface area contributed by atoms with Crippen LogP contribution in [0.25, 0.3) is 0 Å². The van der Waals surface area contributed by atoms with Gasteiger partial charge in [0.1, 0.15) is 10.7 Å². The molecular weight excluding hydrogens is 289 g/mol. The molecule has 106 valence electrons. The summed E-state index contributed by atoms with van der Waals surface area (Å²) in [6, 6.07) is 3.72. The van der Waals surface area contributed by atoms with Crippen LogP contribution in [-0.2, 0) is 16.6 Å². The molecule has 0 spiro atoms. The molecule has 1 N–H and O–H groups in total. The molecule has 2 rings (SSSR count). The lowest BCUT2D eigenvalue weighted by atomic mass is 10.2. The maximum absolute atomic E-state index is 13.9. The van der Waals surface area contributed by atoms with Gasteiger partial charge in [-0.1, -0.05) is 13.0 Å². The highest BCUT2D eigenvalue weighted by molar-refractivity contribution is 8.00. The minimum atomic E-state index is -3.79. The monoisotopic (exact) mass is 305 g/mol. The molecule has 1 aromatic carbocycles. The van der Waals surface area contributed by atoms with Crippen LogP contribution < -0.4 is 0 Å². The Hall–Kier alpha value is -0.630. The fraction of sp³-hybridized carbons (Fsp3) is 0.500. The summed E-state index contributed by atoms with van der Waals surface area (Å²) in [4.78, 5) is -0.316. The van der Waals surface area contributed by atoms with E-state index < -0.39 is 15.8 Å². The molecule has 1 saturated heterocycles. The van der Waals surface area contributed by atoms with Crippen molar-refractivity contribution in [2.75, 3.05) is 18.8 Å². The van der Waals surface area contributed by atoms with Gasteiger partial charge in [-0.25, -0.2) is 12.8 Å². The third kappa shape index (κ3) is 3.10. The molecule has 0 aromatic heterocycles. The fourth-order valence-corrected chi connectivity index (χ4v) is 4.79. The van der Waals surface area contributed by atoms with Crippen molar-refractivity contribution in [1.29, 1.82) is 0 Å². The molecule has 0 saturated carbocycles. The minimum Gasteiger partial charge on any atom is -0.392 e. The molecule has 4 nitrogen and oxygen atoms in total. The zero-order chi connectivity index (χ0) is 14.0. The van der Waals surface area contributed by atoms with Crippen LogP contribution in [0.5, 0.6) is 0 Å². The van der Waals surface area contributed by atoms with E-state index in [9.17, 15) is 12.8 Å². The van der Waals surface area contributed by atoms with Gasteiger partial charge in [-0.2, -0.15) is 16.1 Å². The van der Waals surface area contributed by atoms with Gasteiger partial charge >= 0.3 is 0 Å². The molecule has 0 amide bonds. The Balaban J connectivity index is 2.33. The summed E-state index contributed by atoms with van der Waals surface area (Å²) >= 11 is 1.71. The molecule has 0 radical (unpaired) electrons. The van der Waals surface area contributed by atoms with Crippen molar-refractivity contribution < 1.29 is 17.9 Å². The van der Waals surface area contributed by atoms with Gasteiger partial charge in [0.25, 0.3) is 0 Å². The summed E-state index contributed by atoms with van der Waals surface area (Å²) in [6.45, 7) is 2.44. The molecule has 19 heavy (non-hydrogen) atoms. The van der Waals surface area contributed by atoms with Gasteiger partial charge in [-0.05, 0) is 17.7 Å². The Morgan fingerprint density at radius 2 is 2.26 bits per heavy atom. The fourth-order valence-electron chi connectivity index (χ4n) is 2.00. The van der Waals surface area contributed by atoms with Crippen LogP contribution in [0.4, 0.5) is 4.39 Å². The van der Waals surface area contributed by atoms with Crippen LogP contribution in [0, 0.1) is 5.82 Å². The lowest BCUT2D eigenvalue weighted by molar-refractivity contribution is 0.281. The van der Waals surface area contributed by atoms with Crippen LogP contribution in [0.15, 0.2) is 23.1 Å². The van der Waals surface area contributed by atoms with E-state index in [4.69, 9.17) is 5.11 Å². The molecule has 0 aliphatic carbocycles. The van der Waals surface area contributed by atoms with E-state index in [0.29, 0.717) is 18.7 Å². The van der Waals surface area contributed by atoms with Crippen molar-refractivity contribution in [3.63, 3.8) is 0 Å². The molecule has 1 aliphatic rings. The molecule has 1 unspecified atom stereocenters. The summed E-state index contributed by atoms with van der Waals surface area (Å²) < 4.78 is 39.9. The van der Waals surface area contributed by atoms with E-state index in [-0.39, 0.29) is 16.8 Å². The number of rotatable bonds is 3. The van der Waals surface area contributed by atoms with Crippen LogP contribution in [0.1, 0.15) is 12.5 Å². The van der Waals surface area contributed by atoms with Gasteiger partial charge in [-0.15, -0.1) is 0 Å². The lowest BCUT2D eigenvalue weighted by Crippen LogP contribution is -2.41. The van der Waals surface area contributed by atoms with E-state index in [1.54, 1.807) is 11.8 Å². The maximum Gasteiger partial charge on any atom is 0.246 e. The average molecular weight is 305 g/mol. The van der Waals surface area contributed by atoms with Crippen LogP contribution >= 0.6 is 11.8 Å². The molecule has 1 aromatic rings. The summed E-state index contributed by atoms with van der Waals surface area (Å²) in [5.41, 5.74) is 0.360. The SMILES string of the molecule is CC1CN(S(=O)(=O)c2ccc(CO)cc2F)CCS1. The molecule has 0 bridgehead atoms. The van der Waals surface area contributed by atoms with Crippen molar-refractivity contribution in [1.82, 2.24) is 4.31 Å². The number of sulfonamides is 1. The number of thioether (sulfide) groups is 1.